The van der Waals surface area contributed by atoms with Crippen molar-refractivity contribution in [3.8, 4) is 0 Å². The van der Waals surface area contributed by atoms with Crippen molar-refractivity contribution in [2.75, 3.05) is 31.1 Å². The molecule has 1 aromatic carbocycles. The number of aromatic nitrogens is 1. The van der Waals surface area contributed by atoms with Crippen LogP contribution in [0, 0.1) is 33.3 Å². The molecule has 166 valence electrons. The van der Waals surface area contributed by atoms with Crippen molar-refractivity contribution in [3.05, 3.63) is 40.6 Å². The number of anilines is 1. The average Bonchev–Trinajstić information content (AvgIpc) is 2.80. The lowest BCUT2D eigenvalue weighted by atomic mass is 9.48. The molecule has 4 atom stereocenters. The Morgan fingerprint density at radius 1 is 1.06 bits per heavy atom. The van der Waals surface area contributed by atoms with Crippen LogP contribution in [0.2, 0.25) is 0 Å². The molecule has 8 heteroatoms. The van der Waals surface area contributed by atoms with Crippen LogP contribution in [-0.4, -0.2) is 52.7 Å². The van der Waals surface area contributed by atoms with Gasteiger partial charge in [0.1, 0.15) is 11.3 Å². The Bertz CT molecular complexity index is 1120. The van der Waals surface area contributed by atoms with E-state index in [2.05, 4.69) is 9.88 Å². The van der Waals surface area contributed by atoms with E-state index in [9.17, 15) is 19.7 Å². The topological polar surface area (TPSA) is 96.7 Å². The first-order valence-electron chi connectivity index (χ1n) is 11.6. The lowest BCUT2D eigenvalue weighted by Gasteiger charge is -2.56. The molecular weight excluding hydrogens is 408 g/mol. The van der Waals surface area contributed by atoms with E-state index in [0.717, 1.165) is 43.2 Å². The van der Waals surface area contributed by atoms with Gasteiger partial charge in [0.25, 0.3) is 5.69 Å². The van der Waals surface area contributed by atoms with Crippen molar-refractivity contribution in [1.82, 2.24) is 9.88 Å². The number of pyridine rings is 1. The lowest BCUT2D eigenvalue weighted by Crippen LogP contribution is -2.60. The van der Waals surface area contributed by atoms with Gasteiger partial charge in [-0.1, -0.05) is 0 Å². The van der Waals surface area contributed by atoms with E-state index < -0.39 is 4.92 Å². The molecule has 1 saturated heterocycles. The predicted octanol–water partition coefficient (Wildman–Crippen LogP) is 3.19. The first kappa shape index (κ1) is 19.6. The monoisotopic (exact) mass is 434 g/mol. The molecular formula is C24H26N4O4. The quantitative estimate of drug-likeness (QED) is 0.544. The summed E-state index contributed by atoms with van der Waals surface area (Å²) in [4.78, 5) is 45.6. The molecule has 8 nitrogen and oxygen atoms in total. The standard InChI is InChI=1S/C24H26N4O4/c29-22-16-10-15-11-17(22)14-24(12-15,13-16)23(30)27-8-6-26(7-9-27)19-3-4-20(28(31)32)21-18(19)2-1-5-25-21/h1-5,15-17H,6-14H2/t15?,16-,17+,24?. The normalized spacial score (nSPS) is 31.4. The maximum Gasteiger partial charge on any atom is 0.295 e. The Kier molecular flexibility index (Phi) is 4.29. The third kappa shape index (κ3) is 2.84. The van der Waals surface area contributed by atoms with E-state index in [4.69, 9.17) is 0 Å². The van der Waals surface area contributed by atoms with E-state index in [-0.39, 0.29) is 28.8 Å². The Hall–Kier alpha value is -3.03. The van der Waals surface area contributed by atoms with Crippen LogP contribution in [0.3, 0.4) is 0 Å². The predicted molar refractivity (Wildman–Crippen MR) is 118 cm³/mol. The number of nitrogens with zero attached hydrogens (tertiary/aromatic N) is 4. The number of fused-ring (bicyclic) bond motifs is 1. The number of hydrogen-bond donors (Lipinski definition) is 0. The number of carbonyl (C=O) groups is 2. The molecule has 4 bridgehead atoms. The molecule has 4 saturated carbocycles. The first-order valence-corrected chi connectivity index (χ1v) is 11.6. The van der Waals surface area contributed by atoms with Crippen LogP contribution in [-0.2, 0) is 9.59 Å². The minimum Gasteiger partial charge on any atom is -0.367 e. The van der Waals surface area contributed by atoms with Gasteiger partial charge in [-0.05, 0) is 56.2 Å². The number of amides is 1. The van der Waals surface area contributed by atoms with Crippen LogP contribution in [0.25, 0.3) is 10.9 Å². The molecule has 0 radical (unpaired) electrons. The molecule has 5 fully saturated rings. The number of ketones is 1. The van der Waals surface area contributed by atoms with Gasteiger partial charge in [-0.2, -0.15) is 0 Å². The second kappa shape index (κ2) is 6.98. The molecule has 4 aliphatic carbocycles. The minimum atomic E-state index is -0.397. The van der Waals surface area contributed by atoms with Crippen molar-refractivity contribution in [3.63, 3.8) is 0 Å². The van der Waals surface area contributed by atoms with Crippen LogP contribution in [0.1, 0.15) is 32.1 Å². The highest BCUT2D eigenvalue weighted by atomic mass is 16.6. The van der Waals surface area contributed by atoms with Gasteiger partial charge in [0.2, 0.25) is 5.91 Å². The average molecular weight is 434 g/mol. The van der Waals surface area contributed by atoms with E-state index in [1.54, 1.807) is 18.3 Å². The Labute approximate surface area is 185 Å². The van der Waals surface area contributed by atoms with Crippen molar-refractivity contribution < 1.29 is 14.5 Å². The highest BCUT2D eigenvalue weighted by molar-refractivity contribution is 5.97. The molecule has 2 heterocycles. The summed E-state index contributed by atoms with van der Waals surface area (Å²) in [5, 5.41) is 12.2. The summed E-state index contributed by atoms with van der Waals surface area (Å²) >= 11 is 0. The van der Waals surface area contributed by atoms with Gasteiger partial charge in [-0.25, -0.2) is 4.98 Å². The van der Waals surface area contributed by atoms with E-state index >= 15 is 0 Å². The van der Waals surface area contributed by atoms with E-state index in [1.807, 2.05) is 11.0 Å². The maximum atomic E-state index is 13.6. The van der Waals surface area contributed by atoms with Crippen LogP contribution in [0.15, 0.2) is 30.5 Å². The zero-order valence-electron chi connectivity index (χ0n) is 17.9. The summed E-state index contributed by atoms with van der Waals surface area (Å²) in [6.45, 7) is 2.62. The van der Waals surface area contributed by atoms with Crippen molar-refractivity contribution >= 4 is 34.0 Å². The summed E-state index contributed by atoms with van der Waals surface area (Å²) in [5.41, 5.74) is 1.00. The maximum absolute atomic E-state index is 13.6. The van der Waals surface area contributed by atoms with E-state index in [1.165, 1.54) is 6.07 Å². The highest BCUT2D eigenvalue weighted by Gasteiger charge is 2.59. The largest absolute Gasteiger partial charge is 0.367 e. The summed E-state index contributed by atoms with van der Waals surface area (Å²) < 4.78 is 0. The number of piperazine rings is 1. The Balaban J connectivity index is 1.21. The molecule has 1 aliphatic heterocycles. The first-order chi connectivity index (χ1) is 15.4. The summed E-state index contributed by atoms with van der Waals surface area (Å²) in [7, 11) is 0. The molecule has 2 aromatic rings. The third-order valence-electron chi connectivity index (χ3n) is 8.28. The van der Waals surface area contributed by atoms with Crippen molar-refractivity contribution in [1.29, 1.82) is 0 Å². The fourth-order valence-corrected chi connectivity index (χ4v) is 7.06. The fourth-order valence-electron chi connectivity index (χ4n) is 7.06. The SMILES string of the molecule is O=C1[C@@H]2CC3C[C@H]1CC(C(=O)N1CCN(c4ccc([N+](=O)[O-])c5ncccc45)CC1)(C3)C2. The fraction of sp³-hybridized carbons (Fsp3) is 0.542. The molecule has 2 unspecified atom stereocenters. The Morgan fingerprint density at radius 2 is 1.78 bits per heavy atom. The zero-order chi connectivity index (χ0) is 22.0. The molecule has 0 spiro atoms. The van der Waals surface area contributed by atoms with Gasteiger partial charge < -0.3 is 9.80 Å². The van der Waals surface area contributed by atoms with Gasteiger partial charge >= 0.3 is 0 Å². The number of non-ortho nitro benzene ring substituents is 1. The smallest absolute Gasteiger partial charge is 0.295 e. The van der Waals surface area contributed by atoms with Gasteiger partial charge in [-0.3, -0.25) is 19.7 Å². The molecule has 5 aliphatic rings. The van der Waals surface area contributed by atoms with Gasteiger partial charge in [-0.15, -0.1) is 0 Å². The van der Waals surface area contributed by atoms with Crippen molar-refractivity contribution in [2.45, 2.75) is 32.1 Å². The molecule has 1 amide bonds. The van der Waals surface area contributed by atoms with Crippen LogP contribution in [0.5, 0.6) is 0 Å². The Morgan fingerprint density at radius 3 is 2.47 bits per heavy atom. The highest BCUT2D eigenvalue weighted by Crippen LogP contribution is 2.59. The van der Waals surface area contributed by atoms with E-state index in [0.29, 0.717) is 43.4 Å². The number of hydrogen-bond acceptors (Lipinski definition) is 6. The summed E-state index contributed by atoms with van der Waals surface area (Å²) in [5.74, 6) is 1.40. The minimum absolute atomic E-state index is 0.00882. The van der Waals surface area contributed by atoms with Gasteiger partial charge in [0.15, 0.2) is 0 Å². The van der Waals surface area contributed by atoms with Crippen LogP contribution in [0.4, 0.5) is 11.4 Å². The number of nitro benzene ring substituents is 1. The molecule has 7 rings (SSSR count). The molecule has 0 N–H and O–H groups in total. The number of Topliss-reactive ketones (excluding diaryl/α,β-unsaturated/α-hetero) is 1. The van der Waals surface area contributed by atoms with Crippen LogP contribution >= 0.6 is 0 Å². The van der Waals surface area contributed by atoms with Crippen molar-refractivity contribution in [2.24, 2.45) is 23.2 Å². The number of carbonyl (C=O) groups excluding carboxylic acids is 2. The van der Waals surface area contributed by atoms with Gasteiger partial charge in [0.05, 0.1) is 10.3 Å². The summed E-state index contributed by atoms with van der Waals surface area (Å²) in [6.07, 6.45) is 5.99. The second-order valence-corrected chi connectivity index (χ2v) is 10.1. The summed E-state index contributed by atoms with van der Waals surface area (Å²) in [6, 6.07) is 6.98. The van der Waals surface area contributed by atoms with Crippen LogP contribution < -0.4 is 4.90 Å². The number of rotatable bonds is 3. The van der Waals surface area contributed by atoms with Gasteiger partial charge in [0, 0.05) is 61.4 Å². The molecule has 32 heavy (non-hydrogen) atoms. The lowest BCUT2D eigenvalue weighted by molar-refractivity contribution is -0.383. The molecule has 1 aromatic heterocycles. The number of nitro groups is 1. The third-order valence-corrected chi connectivity index (χ3v) is 8.28. The number of benzene rings is 1. The zero-order valence-corrected chi connectivity index (χ0v) is 17.9. The second-order valence-electron chi connectivity index (χ2n) is 10.1.